The van der Waals surface area contributed by atoms with Gasteiger partial charge in [0, 0.05) is 5.38 Å². The molecule has 1 unspecified atom stereocenters. The molecule has 1 aliphatic carbocycles. The fraction of sp³-hybridized carbons (Fsp3) is 1.00. The van der Waals surface area contributed by atoms with Crippen LogP contribution in [-0.2, 0) is 0 Å². The van der Waals surface area contributed by atoms with Crippen molar-refractivity contribution in [1.29, 1.82) is 0 Å². The average Bonchev–Trinajstić information content (AvgIpc) is 2.02. The van der Waals surface area contributed by atoms with E-state index in [4.69, 9.17) is 11.6 Å². The molecule has 0 aromatic rings. The largest absolute Gasteiger partial charge is 0.123 e. The SMILES string of the molecule is CCC(Cl)C1CCCCCCC1. The molecule has 1 rings (SSSR count). The molecule has 0 aromatic carbocycles. The quantitative estimate of drug-likeness (QED) is 0.565. The van der Waals surface area contributed by atoms with Gasteiger partial charge < -0.3 is 0 Å². The maximum absolute atomic E-state index is 6.27. The van der Waals surface area contributed by atoms with Crippen molar-refractivity contribution in [2.24, 2.45) is 5.92 Å². The molecule has 1 saturated carbocycles. The molecular formula is C11H21Cl. The summed E-state index contributed by atoms with van der Waals surface area (Å²) in [6, 6.07) is 0. The van der Waals surface area contributed by atoms with Crippen LogP contribution >= 0.6 is 11.6 Å². The first-order valence-corrected chi connectivity index (χ1v) is 5.92. The Morgan fingerprint density at radius 3 is 2.08 bits per heavy atom. The van der Waals surface area contributed by atoms with E-state index in [1.807, 2.05) is 0 Å². The van der Waals surface area contributed by atoms with Gasteiger partial charge in [-0.25, -0.2) is 0 Å². The summed E-state index contributed by atoms with van der Waals surface area (Å²) in [6.07, 6.45) is 11.0. The fourth-order valence-corrected chi connectivity index (χ4v) is 2.43. The smallest absolute Gasteiger partial charge is 0.0361 e. The lowest BCUT2D eigenvalue weighted by atomic mass is 9.88. The van der Waals surface area contributed by atoms with E-state index in [1.54, 1.807) is 0 Å². The second-order valence-corrected chi connectivity index (χ2v) is 4.59. The van der Waals surface area contributed by atoms with Gasteiger partial charge in [0.2, 0.25) is 0 Å². The lowest BCUT2D eigenvalue weighted by Crippen LogP contribution is -2.15. The first-order valence-electron chi connectivity index (χ1n) is 5.48. The second kappa shape index (κ2) is 5.85. The summed E-state index contributed by atoms with van der Waals surface area (Å²) in [5.41, 5.74) is 0. The summed E-state index contributed by atoms with van der Waals surface area (Å²) in [6.45, 7) is 2.20. The van der Waals surface area contributed by atoms with E-state index in [2.05, 4.69) is 6.92 Å². The minimum Gasteiger partial charge on any atom is -0.123 e. The number of alkyl halides is 1. The standard InChI is InChI=1S/C11H21Cl/c1-2-11(12)10-8-6-4-3-5-7-9-10/h10-11H,2-9H2,1H3. The summed E-state index contributed by atoms with van der Waals surface area (Å²) in [5, 5.41) is 0.447. The van der Waals surface area contributed by atoms with Crippen LogP contribution in [0.3, 0.4) is 0 Å². The van der Waals surface area contributed by atoms with Gasteiger partial charge in [-0.15, -0.1) is 11.6 Å². The molecule has 1 heteroatoms. The summed E-state index contributed by atoms with van der Waals surface area (Å²) in [5.74, 6) is 0.817. The molecule has 0 saturated heterocycles. The Morgan fingerprint density at radius 2 is 1.58 bits per heavy atom. The van der Waals surface area contributed by atoms with E-state index in [0.717, 1.165) is 12.3 Å². The fourth-order valence-electron chi connectivity index (χ4n) is 2.18. The molecule has 0 heterocycles. The molecule has 72 valence electrons. The highest BCUT2D eigenvalue weighted by Crippen LogP contribution is 2.28. The molecule has 1 atom stereocenters. The van der Waals surface area contributed by atoms with E-state index >= 15 is 0 Å². The van der Waals surface area contributed by atoms with Gasteiger partial charge in [-0.05, 0) is 25.2 Å². The maximum atomic E-state index is 6.27. The van der Waals surface area contributed by atoms with Crippen LogP contribution in [0.25, 0.3) is 0 Å². The van der Waals surface area contributed by atoms with E-state index in [1.165, 1.54) is 44.9 Å². The van der Waals surface area contributed by atoms with Crippen LogP contribution in [0.1, 0.15) is 58.3 Å². The van der Waals surface area contributed by atoms with Crippen molar-refractivity contribution < 1.29 is 0 Å². The third kappa shape index (κ3) is 3.35. The van der Waals surface area contributed by atoms with Crippen LogP contribution in [0.2, 0.25) is 0 Å². The molecule has 0 bridgehead atoms. The monoisotopic (exact) mass is 188 g/mol. The lowest BCUT2D eigenvalue weighted by molar-refractivity contribution is 0.361. The Bertz CT molecular complexity index is 104. The van der Waals surface area contributed by atoms with Crippen molar-refractivity contribution in [3.63, 3.8) is 0 Å². The topological polar surface area (TPSA) is 0 Å². The molecule has 0 N–H and O–H groups in total. The zero-order chi connectivity index (χ0) is 8.81. The van der Waals surface area contributed by atoms with E-state index in [-0.39, 0.29) is 0 Å². The molecule has 0 radical (unpaired) electrons. The Kier molecular flexibility index (Phi) is 5.06. The highest BCUT2D eigenvalue weighted by Gasteiger charge is 2.17. The molecular weight excluding hydrogens is 168 g/mol. The number of hydrogen-bond acceptors (Lipinski definition) is 0. The highest BCUT2D eigenvalue weighted by atomic mass is 35.5. The summed E-state index contributed by atoms with van der Waals surface area (Å²) >= 11 is 6.27. The predicted octanol–water partition coefficient (Wildman–Crippen LogP) is 4.36. The van der Waals surface area contributed by atoms with Crippen molar-refractivity contribution in [3.05, 3.63) is 0 Å². The molecule has 1 aliphatic rings. The van der Waals surface area contributed by atoms with Crippen molar-refractivity contribution >= 4 is 11.6 Å². The zero-order valence-corrected chi connectivity index (χ0v) is 8.95. The molecule has 12 heavy (non-hydrogen) atoms. The zero-order valence-electron chi connectivity index (χ0n) is 8.19. The summed E-state index contributed by atoms with van der Waals surface area (Å²) in [4.78, 5) is 0. The van der Waals surface area contributed by atoms with Crippen LogP contribution in [-0.4, -0.2) is 5.38 Å². The minimum absolute atomic E-state index is 0.447. The van der Waals surface area contributed by atoms with Gasteiger partial charge in [-0.1, -0.05) is 39.0 Å². The molecule has 0 amide bonds. The molecule has 0 aliphatic heterocycles. The minimum atomic E-state index is 0.447. The molecule has 0 spiro atoms. The first kappa shape index (κ1) is 10.4. The van der Waals surface area contributed by atoms with Crippen molar-refractivity contribution in [3.8, 4) is 0 Å². The van der Waals surface area contributed by atoms with Gasteiger partial charge in [0.1, 0.15) is 0 Å². The number of rotatable bonds is 2. The van der Waals surface area contributed by atoms with Gasteiger partial charge in [0.15, 0.2) is 0 Å². The summed E-state index contributed by atoms with van der Waals surface area (Å²) < 4.78 is 0. The van der Waals surface area contributed by atoms with E-state index in [9.17, 15) is 0 Å². The van der Waals surface area contributed by atoms with Crippen LogP contribution in [0.15, 0.2) is 0 Å². The lowest BCUT2D eigenvalue weighted by Gasteiger charge is -2.23. The number of halogens is 1. The van der Waals surface area contributed by atoms with Crippen LogP contribution in [0, 0.1) is 5.92 Å². The van der Waals surface area contributed by atoms with Gasteiger partial charge in [0.25, 0.3) is 0 Å². The average molecular weight is 189 g/mol. The van der Waals surface area contributed by atoms with Crippen molar-refractivity contribution in [2.75, 3.05) is 0 Å². The van der Waals surface area contributed by atoms with Crippen LogP contribution < -0.4 is 0 Å². The third-order valence-corrected chi connectivity index (χ3v) is 3.72. The van der Waals surface area contributed by atoms with Gasteiger partial charge >= 0.3 is 0 Å². The predicted molar refractivity (Wildman–Crippen MR) is 55.7 cm³/mol. The normalized spacial score (nSPS) is 24.5. The van der Waals surface area contributed by atoms with Gasteiger partial charge in [-0.2, -0.15) is 0 Å². The van der Waals surface area contributed by atoms with E-state index in [0.29, 0.717) is 5.38 Å². The Labute approximate surface area is 81.7 Å². The molecule has 1 fully saturated rings. The highest BCUT2D eigenvalue weighted by molar-refractivity contribution is 6.20. The Morgan fingerprint density at radius 1 is 1.08 bits per heavy atom. The maximum Gasteiger partial charge on any atom is 0.0361 e. The van der Waals surface area contributed by atoms with Crippen LogP contribution in [0.4, 0.5) is 0 Å². The molecule has 0 aromatic heterocycles. The third-order valence-electron chi connectivity index (χ3n) is 3.05. The Balaban J connectivity index is 2.29. The van der Waals surface area contributed by atoms with Crippen molar-refractivity contribution in [2.45, 2.75) is 63.7 Å². The first-order chi connectivity index (χ1) is 5.84. The van der Waals surface area contributed by atoms with Gasteiger partial charge in [-0.3, -0.25) is 0 Å². The van der Waals surface area contributed by atoms with E-state index < -0.39 is 0 Å². The van der Waals surface area contributed by atoms with Crippen molar-refractivity contribution in [1.82, 2.24) is 0 Å². The number of hydrogen-bond donors (Lipinski definition) is 0. The van der Waals surface area contributed by atoms with Gasteiger partial charge in [0.05, 0.1) is 0 Å². The summed E-state index contributed by atoms with van der Waals surface area (Å²) in [7, 11) is 0. The Hall–Kier alpha value is 0.290. The second-order valence-electron chi connectivity index (χ2n) is 4.03. The van der Waals surface area contributed by atoms with Crippen LogP contribution in [0.5, 0.6) is 0 Å². The molecule has 0 nitrogen and oxygen atoms in total.